The Labute approximate surface area is 219 Å². The van der Waals surface area contributed by atoms with Crippen LogP contribution >= 0.6 is 0 Å². The fourth-order valence-electron chi connectivity index (χ4n) is 5.39. The quantitative estimate of drug-likeness (QED) is 0.420. The second-order valence-electron chi connectivity index (χ2n) is 9.12. The number of rotatable bonds is 7. The fraction of sp³-hybridized carbons (Fsp3) is 0.276. The summed E-state index contributed by atoms with van der Waals surface area (Å²) in [5.74, 6) is 1.54. The molecule has 3 heterocycles. The average Bonchev–Trinajstić information content (AvgIpc) is 3.56. The van der Waals surface area contributed by atoms with Crippen LogP contribution in [0.15, 0.2) is 59.8 Å². The van der Waals surface area contributed by atoms with Gasteiger partial charge in [0.25, 0.3) is 0 Å². The molecule has 6 rings (SSSR count). The SMILES string of the molecule is COc1cc(C2C3=C(COC3=O)N(CCc3ccc(F)cc3)c3cc4c(cc32)OCO4)cc(OC)c1OC. The van der Waals surface area contributed by atoms with E-state index in [2.05, 4.69) is 4.90 Å². The van der Waals surface area contributed by atoms with Crippen LogP contribution in [0.4, 0.5) is 10.1 Å². The average molecular weight is 520 g/mol. The summed E-state index contributed by atoms with van der Waals surface area (Å²) in [5, 5.41) is 0. The molecule has 3 aliphatic heterocycles. The number of nitrogens with zero attached hydrogens (tertiary/aromatic N) is 1. The number of carbonyl (C=O) groups excluding carboxylic acids is 1. The van der Waals surface area contributed by atoms with Crippen LogP contribution in [0.25, 0.3) is 0 Å². The van der Waals surface area contributed by atoms with Crippen molar-refractivity contribution in [3.8, 4) is 28.7 Å². The molecule has 0 N–H and O–H groups in total. The number of carbonyl (C=O) groups is 1. The molecule has 3 aromatic carbocycles. The summed E-state index contributed by atoms with van der Waals surface area (Å²) in [6.45, 7) is 0.819. The Morgan fingerprint density at radius 3 is 2.26 bits per heavy atom. The zero-order chi connectivity index (χ0) is 26.4. The van der Waals surface area contributed by atoms with Gasteiger partial charge in [0.2, 0.25) is 12.5 Å². The normalized spacial score (nSPS) is 17.2. The molecule has 0 spiro atoms. The lowest BCUT2D eigenvalue weighted by atomic mass is 9.80. The van der Waals surface area contributed by atoms with Gasteiger partial charge in [0, 0.05) is 24.2 Å². The Morgan fingerprint density at radius 1 is 0.921 bits per heavy atom. The molecular weight excluding hydrogens is 493 g/mol. The fourth-order valence-corrected chi connectivity index (χ4v) is 5.39. The van der Waals surface area contributed by atoms with Crippen LogP contribution in [-0.4, -0.2) is 47.2 Å². The minimum Gasteiger partial charge on any atom is -0.493 e. The molecule has 9 heteroatoms. The van der Waals surface area contributed by atoms with Gasteiger partial charge < -0.3 is 33.3 Å². The van der Waals surface area contributed by atoms with Crippen molar-refractivity contribution >= 4 is 11.7 Å². The molecule has 0 bridgehead atoms. The molecule has 0 saturated carbocycles. The number of hydrogen-bond donors (Lipinski definition) is 0. The first-order valence-corrected chi connectivity index (χ1v) is 12.2. The molecule has 0 fully saturated rings. The number of fused-ring (bicyclic) bond motifs is 2. The lowest BCUT2D eigenvalue weighted by Crippen LogP contribution is -2.32. The van der Waals surface area contributed by atoms with Crippen LogP contribution in [0.3, 0.4) is 0 Å². The van der Waals surface area contributed by atoms with E-state index in [9.17, 15) is 9.18 Å². The highest BCUT2D eigenvalue weighted by atomic mass is 19.1. The molecular formula is C29H26FNO7. The van der Waals surface area contributed by atoms with E-state index in [0.717, 1.165) is 28.1 Å². The van der Waals surface area contributed by atoms with Crippen LogP contribution in [0, 0.1) is 5.82 Å². The molecule has 3 aliphatic rings. The van der Waals surface area contributed by atoms with E-state index in [0.29, 0.717) is 47.3 Å². The zero-order valence-electron chi connectivity index (χ0n) is 21.2. The molecule has 8 nitrogen and oxygen atoms in total. The number of cyclic esters (lactones) is 1. The van der Waals surface area contributed by atoms with Gasteiger partial charge in [0.15, 0.2) is 23.0 Å². The topological polar surface area (TPSA) is 75.7 Å². The molecule has 1 atom stereocenters. The molecule has 3 aromatic rings. The van der Waals surface area contributed by atoms with Crippen LogP contribution in [-0.2, 0) is 16.0 Å². The first-order chi connectivity index (χ1) is 18.5. The number of anilines is 1. The maximum atomic E-state index is 13.5. The zero-order valence-corrected chi connectivity index (χ0v) is 21.2. The second kappa shape index (κ2) is 9.48. The first-order valence-electron chi connectivity index (χ1n) is 12.2. The van der Waals surface area contributed by atoms with E-state index >= 15 is 0 Å². The largest absolute Gasteiger partial charge is 0.493 e. The Balaban J connectivity index is 1.51. The molecule has 196 valence electrons. The third-order valence-electron chi connectivity index (χ3n) is 7.17. The molecule has 1 unspecified atom stereocenters. The summed E-state index contributed by atoms with van der Waals surface area (Å²) in [6.07, 6.45) is 0.633. The maximum absolute atomic E-state index is 13.5. The Bertz CT molecular complexity index is 1430. The van der Waals surface area contributed by atoms with Gasteiger partial charge in [-0.2, -0.15) is 0 Å². The Morgan fingerprint density at radius 2 is 1.61 bits per heavy atom. The van der Waals surface area contributed by atoms with Crippen LogP contribution < -0.4 is 28.6 Å². The van der Waals surface area contributed by atoms with E-state index < -0.39 is 5.92 Å². The van der Waals surface area contributed by atoms with Crippen molar-refractivity contribution < 1.29 is 37.6 Å². The molecule has 0 amide bonds. The van der Waals surface area contributed by atoms with Crippen molar-refractivity contribution in [3.63, 3.8) is 0 Å². The number of methoxy groups -OCH3 is 3. The monoisotopic (exact) mass is 519 g/mol. The third-order valence-corrected chi connectivity index (χ3v) is 7.17. The predicted octanol–water partition coefficient (Wildman–Crippen LogP) is 4.59. The van der Waals surface area contributed by atoms with Crippen molar-refractivity contribution in [1.82, 2.24) is 0 Å². The van der Waals surface area contributed by atoms with Gasteiger partial charge in [0.1, 0.15) is 12.4 Å². The number of halogens is 1. The highest BCUT2D eigenvalue weighted by Crippen LogP contribution is 2.53. The molecule has 0 saturated heterocycles. The molecule has 0 aliphatic carbocycles. The van der Waals surface area contributed by atoms with Gasteiger partial charge >= 0.3 is 5.97 Å². The summed E-state index contributed by atoms with van der Waals surface area (Å²) >= 11 is 0. The minimum absolute atomic E-state index is 0.123. The highest BCUT2D eigenvalue weighted by molar-refractivity contribution is 5.98. The van der Waals surface area contributed by atoms with E-state index in [-0.39, 0.29) is 25.2 Å². The third kappa shape index (κ3) is 3.86. The summed E-state index contributed by atoms with van der Waals surface area (Å²) in [6, 6.07) is 14.0. The van der Waals surface area contributed by atoms with Crippen molar-refractivity contribution in [2.45, 2.75) is 12.3 Å². The Kier molecular flexibility index (Phi) is 5.98. The second-order valence-corrected chi connectivity index (χ2v) is 9.12. The smallest absolute Gasteiger partial charge is 0.337 e. The molecule has 0 radical (unpaired) electrons. The predicted molar refractivity (Wildman–Crippen MR) is 136 cm³/mol. The summed E-state index contributed by atoms with van der Waals surface area (Å²) in [4.78, 5) is 15.3. The van der Waals surface area contributed by atoms with Gasteiger partial charge in [0.05, 0.1) is 32.6 Å². The minimum atomic E-state index is -0.472. The summed E-state index contributed by atoms with van der Waals surface area (Å²) in [5.41, 5.74) is 4.83. The van der Waals surface area contributed by atoms with E-state index in [1.165, 1.54) is 12.1 Å². The van der Waals surface area contributed by atoms with Gasteiger partial charge in [-0.05, 0) is 53.4 Å². The summed E-state index contributed by atoms with van der Waals surface area (Å²) in [7, 11) is 4.66. The lowest BCUT2D eigenvalue weighted by molar-refractivity contribution is -0.136. The number of ether oxygens (including phenoxy) is 6. The molecule has 38 heavy (non-hydrogen) atoms. The van der Waals surface area contributed by atoms with Crippen molar-refractivity contribution in [2.24, 2.45) is 0 Å². The standard InChI is InChI=1S/C29H26FNO7/c1-33-24-10-17(11-25(34-2)28(24)35-3)26-19-12-22-23(38-15-37-22)13-20(19)31(21-14-36-29(32)27(21)26)9-8-16-4-6-18(30)7-5-16/h4-7,10-13,26H,8-9,14-15H2,1-3H3. The summed E-state index contributed by atoms with van der Waals surface area (Å²) < 4.78 is 47.2. The van der Waals surface area contributed by atoms with Gasteiger partial charge in [-0.3, -0.25) is 0 Å². The van der Waals surface area contributed by atoms with Crippen molar-refractivity contribution in [3.05, 3.63) is 82.3 Å². The van der Waals surface area contributed by atoms with Gasteiger partial charge in [-0.25, -0.2) is 9.18 Å². The van der Waals surface area contributed by atoms with E-state index in [1.807, 2.05) is 24.3 Å². The van der Waals surface area contributed by atoms with Crippen molar-refractivity contribution in [2.75, 3.05) is 46.2 Å². The molecule has 0 aromatic heterocycles. The van der Waals surface area contributed by atoms with Crippen LogP contribution in [0.1, 0.15) is 22.6 Å². The number of benzene rings is 3. The maximum Gasteiger partial charge on any atom is 0.337 e. The first kappa shape index (κ1) is 24.0. The Hall–Kier alpha value is -4.40. The van der Waals surface area contributed by atoms with Crippen LogP contribution in [0.2, 0.25) is 0 Å². The van der Waals surface area contributed by atoms with Gasteiger partial charge in [-0.15, -0.1) is 0 Å². The number of esters is 1. The van der Waals surface area contributed by atoms with E-state index in [4.69, 9.17) is 28.4 Å². The van der Waals surface area contributed by atoms with Gasteiger partial charge in [-0.1, -0.05) is 12.1 Å². The van der Waals surface area contributed by atoms with Crippen molar-refractivity contribution in [1.29, 1.82) is 0 Å². The van der Waals surface area contributed by atoms with E-state index in [1.54, 1.807) is 33.5 Å². The number of hydrogen-bond acceptors (Lipinski definition) is 8. The lowest BCUT2D eigenvalue weighted by Gasteiger charge is -2.36. The van der Waals surface area contributed by atoms with Crippen LogP contribution in [0.5, 0.6) is 28.7 Å². The highest BCUT2D eigenvalue weighted by Gasteiger charge is 2.43.